The van der Waals surface area contributed by atoms with E-state index >= 15 is 0 Å². The van der Waals surface area contributed by atoms with Crippen molar-refractivity contribution in [2.75, 3.05) is 6.54 Å². The van der Waals surface area contributed by atoms with E-state index in [0.717, 1.165) is 36.6 Å². The largest absolute Gasteiger partial charge is 0.441 e. The summed E-state index contributed by atoms with van der Waals surface area (Å²) in [5, 5.41) is 3.41. The Morgan fingerprint density at radius 3 is 2.95 bits per heavy atom. The Kier molecular flexibility index (Phi) is 4.39. The smallest absolute Gasteiger partial charge is 0.194 e. The summed E-state index contributed by atoms with van der Waals surface area (Å²) >= 11 is 0. The van der Waals surface area contributed by atoms with Crippen LogP contribution in [0.15, 0.2) is 28.8 Å². The first-order valence-corrected chi connectivity index (χ1v) is 8.02. The fraction of sp³-hybridized carbons (Fsp3) is 0.500. The van der Waals surface area contributed by atoms with Crippen molar-refractivity contribution in [3.63, 3.8) is 0 Å². The molecule has 3 heteroatoms. The van der Waals surface area contributed by atoms with E-state index < -0.39 is 0 Å². The molecule has 0 aliphatic heterocycles. The van der Waals surface area contributed by atoms with Gasteiger partial charge in [-0.25, -0.2) is 4.98 Å². The number of hydrogen-bond donors (Lipinski definition) is 1. The molecule has 1 aromatic carbocycles. The first-order valence-electron chi connectivity index (χ1n) is 8.02. The highest BCUT2D eigenvalue weighted by Crippen LogP contribution is 2.28. The second kappa shape index (κ2) is 6.44. The van der Waals surface area contributed by atoms with Crippen molar-refractivity contribution in [3.8, 4) is 11.3 Å². The highest BCUT2D eigenvalue weighted by molar-refractivity contribution is 5.59. The second-order valence-corrected chi connectivity index (χ2v) is 6.17. The maximum Gasteiger partial charge on any atom is 0.194 e. The number of fused-ring (bicyclic) bond motifs is 1. The molecular formula is C18H24N2O. The van der Waals surface area contributed by atoms with Gasteiger partial charge in [0, 0.05) is 18.0 Å². The van der Waals surface area contributed by atoms with Gasteiger partial charge < -0.3 is 9.73 Å². The fourth-order valence-corrected chi connectivity index (χ4v) is 2.91. The van der Waals surface area contributed by atoms with Gasteiger partial charge in [-0.05, 0) is 49.4 Å². The lowest BCUT2D eigenvalue weighted by Gasteiger charge is -2.06. The van der Waals surface area contributed by atoms with Gasteiger partial charge in [-0.1, -0.05) is 26.0 Å². The van der Waals surface area contributed by atoms with Crippen LogP contribution in [0.25, 0.3) is 11.3 Å². The third kappa shape index (κ3) is 3.53. The molecule has 0 saturated carbocycles. The first-order chi connectivity index (χ1) is 10.2. The van der Waals surface area contributed by atoms with E-state index in [1.165, 1.54) is 30.4 Å². The van der Waals surface area contributed by atoms with Gasteiger partial charge in [0.2, 0.25) is 0 Å². The zero-order valence-electron chi connectivity index (χ0n) is 13.0. The van der Waals surface area contributed by atoms with Crippen molar-refractivity contribution >= 4 is 0 Å². The fourth-order valence-electron chi connectivity index (χ4n) is 2.91. The number of hydrogen-bond acceptors (Lipinski definition) is 3. The summed E-state index contributed by atoms with van der Waals surface area (Å²) < 4.78 is 5.90. The Morgan fingerprint density at radius 2 is 2.10 bits per heavy atom. The van der Waals surface area contributed by atoms with Gasteiger partial charge in [0.1, 0.15) is 0 Å². The third-order valence-corrected chi connectivity index (χ3v) is 4.06. The molecule has 2 aromatic rings. The molecule has 1 aliphatic carbocycles. The lowest BCUT2D eigenvalue weighted by atomic mass is 10.1. The van der Waals surface area contributed by atoms with Crippen LogP contribution >= 0.6 is 0 Å². The van der Waals surface area contributed by atoms with E-state index in [9.17, 15) is 0 Å². The van der Waals surface area contributed by atoms with Crippen molar-refractivity contribution in [2.24, 2.45) is 0 Å². The molecule has 0 atom stereocenters. The Morgan fingerprint density at radius 1 is 1.24 bits per heavy atom. The Balaban J connectivity index is 1.62. The predicted molar refractivity (Wildman–Crippen MR) is 85.4 cm³/mol. The number of nitrogens with zero attached hydrogens (tertiary/aromatic N) is 1. The van der Waals surface area contributed by atoms with Crippen LogP contribution < -0.4 is 5.32 Å². The molecule has 3 rings (SSSR count). The zero-order chi connectivity index (χ0) is 14.7. The number of aryl methyl sites for hydroxylation is 3. The third-order valence-electron chi connectivity index (χ3n) is 4.06. The van der Waals surface area contributed by atoms with Crippen molar-refractivity contribution in [3.05, 3.63) is 41.4 Å². The average Bonchev–Trinajstić information content (AvgIpc) is 3.11. The summed E-state index contributed by atoms with van der Waals surface area (Å²) in [6.07, 6.45) is 7.52. The van der Waals surface area contributed by atoms with Crippen molar-refractivity contribution in [2.45, 2.75) is 52.0 Å². The highest BCUT2D eigenvalue weighted by atomic mass is 16.4. The van der Waals surface area contributed by atoms with Crippen LogP contribution in [0.1, 0.15) is 43.7 Å². The van der Waals surface area contributed by atoms with Gasteiger partial charge in [-0.2, -0.15) is 0 Å². The monoisotopic (exact) mass is 284 g/mol. The van der Waals surface area contributed by atoms with Gasteiger partial charge in [0.15, 0.2) is 11.7 Å². The highest BCUT2D eigenvalue weighted by Gasteiger charge is 2.13. The molecule has 1 heterocycles. The van der Waals surface area contributed by atoms with E-state index in [1.54, 1.807) is 0 Å². The minimum absolute atomic E-state index is 0.538. The maximum atomic E-state index is 5.90. The SMILES string of the molecule is CC(C)NCCCc1ncc(-c2ccc3c(c2)CCC3)o1. The number of benzene rings is 1. The second-order valence-electron chi connectivity index (χ2n) is 6.17. The quantitative estimate of drug-likeness (QED) is 0.821. The van der Waals surface area contributed by atoms with Gasteiger partial charge in [0.25, 0.3) is 0 Å². The molecule has 0 bridgehead atoms. The van der Waals surface area contributed by atoms with E-state index in [0.29, 0.717) is 6.04 Å². The molecular weight excluding hydrogens is 260 g/mol. The molecule has 0 unspecified atom stereocenters. The molecule has 0 spiro atoms. The molecule has 3 nitrogen and oxygen atoms in total. The Labute approximate surface area is 126 Å². The van der Waals surface area contributed by atoms with Crippen LogP contribution in [0.2, 0.25) is 0 Å². The number of nitrogens with one attached hydrogen (secondary N) is 1. The molecule has 1 N–H and O–H groups in total. The number of rotatable bonds is 6. The summed E-state index contributed by atoms with van der Waals surface area (Å²) in [6.45, 7) is 5.34. The standard InChI is InChI=1S/C18H24N2O/c1-13(2)19-10-4-7-18-20-12-17(21-18)16-9-8-14-5-3-6-15(14)11-16/h8-9,11-13,19H,3-7,10H2,1-2H3. The summed E-state index contributed by atoms with van der Waals surface area (Å²) in [6, 6.07) is 7.21. The van der Waals surface area contributed by atoms with E-state index in [4.69, 9.17) is 4.42 Å². The molecule has 0 radical (unpaired) electrons. The van der Waals surface area contributed by atoms with Crippen LogP contribution in [0, 0.1) is 0 Å². The van der Waals surface area contributed by atoms with Crippen molar-refractivity contribution in [1.82, 2.24) is 10.3 Å². The van der Waals surface area contributed by atoms with E-state index in [1.807, 2.05) is 6.20 Å². The van der Waals surface area contributed by atoms with Crippen LogP contribution in [0.5, 0.6) is 0 Å². The average molecular weight is 284 g/mol. The van der Waals surface area contributed by atoms with Gasteiger partial charge >= 0.3 is 0 Å². The van der Waals surface area contributed by atoms with Crippen LogP contribution in [0.3, 0.4) is 0 Å². The van der Waals surface area contributed by atoms with Crippen molar-refractivity contribution in [1.29, 1.82) is 0 Å². The topological polar surface area (TPSA) is 38.1 Å². The van der Waals surface area contributed by atoms with Crippen LogP contribution in [-0.4, -0.2) is 17.6 Å². The van der Waals surface area contributed by atoms with Crippen LogP contribution in [0.4, 0.5) is 0 Å². The zero-order valence-corrected chi connectivity index (χ0v) is 13.0. The molecule has 1 aliphatic rings. The summed E-state index contributed by atoms with van der Waals surface area (Å²) in [7, 11) is 0. The Hall–Kier alpha value is -1.61. The van der Waals surface area contributed by atoms with Gasteiger partial charge in [-0.3, -0.25) is 0 Å². The van der Waals surface area contributed by atoms with Gasteiger partial charge in [0.05, 0.1) is 6.20 Å². The lowest BCUT2D eigenvalue weighted by Crippen LogP contribution is -2.23. The summed E-state index contributed by atoms with van der Waals surface area (Å²) in [5.74, 6) is 1.74. The predicted octanol–water partition coefficient (Wildman–Crippen LogP) is 3.76. The first kappa shape index (κ1) is 14.3. The molecule has 0 saturated heterocycles. The van der Waals surface area contributed by atoms with Crippen molar-refractivity contribution < 1.29 is 4.42 Å². The number of aromatic nitrogens is 1. The summed E-state index contributed by atoms with van der Waals surface area (Å²) in [5.41, 5.74) is 4.14. The minimum atomic E-state index is 0.538. The van der Waals surface area contributed by atoms with Crippen LogP contribution in [-0.2, 0) is 19.3 Å². The number of oxazole rings is 1. The van der Waals surface area contributed by atoms with E-state index in [-0.39, 0.29) is 0 Å². The lowest BCUT2D eigenvalue weighted by molar-refractivity contribution is 0.484. The molecule has 21 heavy (non-hydrogen) atoms. The van der Waals surface area contributed by atoms with E-state index in [2.05, 4.69) is 42.3 Å². The van der Waals surface area contributed by atoms with Gasteiger partial charge in [-0.15, -0.1) is 0 Å². The molecule has 112 valence electrons. The minimum Gasteiger partial charge on any atom is -0.441 e. The maximum absolute atomic E-state index is 5.90. The molecule has 0 amide bonds. The molecule has 0 fully saturated rings. The molecule has 1 aromatic heterocycles. The Bertz CT molecular complexity index is 601. The summed E-state index contributed by atoms with van der Waals surface area (Å²) in [4.78, 5) is 4.41. The normalized spacial score (nSPS) is 13.9.